The van der Waals surface area contributed by atoms with E-state index in [1.807, 2.05) is 39.5 Å². The molecule has 1 aromatic heterocycles. The fourth-order valence-corrected chi connectivity index (χ4v) is 3.31. The number of hydrogen-bond donors (Lipinski definition) is 0. The van der Waals surface area contributed by atoms with Crippen molar-refractivity contribution in [2.45, 2.75) is 53.9 Å². The molecule has 1 aromatic rings. The second kappa shape index (κ2) is 7.81. The first kappa shape index (κ1) is 19.2. The Labute approximate surface area is 150 Å². The first-order valence-corrected chi connectivity index (χ1v) is 9.16. The van der Waals surface area contributed by atoms with E-state index in [0.29, 0.717) is 24.5 Å². The minimum atomic E-state index is -0.370. The van der Waals surface area contributed by atoms with Crippen LogP contribution in [0.2, 0.25) is 0 Å². The van der Waals surface area contributed by atoms with Crippen molar-refractivity contribution in [3.8, 4) is 6.07 Å². The zero-order valence-corrected chi connectivity index (χ0v) is 16.1. The molecule has 0 aromatic carbocycles. The maximum atomic E-state index is 12.5. The lowest BCUT2D eigenvalue weighted by atomic mass is 9.94. The largest absolute Gasteiger partial charge is 0.352 e. The smallest absolute Gasteiger partial charge is 0.228 e. The first-order chi connectivity index (χ1) is 11.8. The van der Waals surface area contributed by atoms with Crippen molar-refractivity contribution < 1.29 is 4.79 Å². The van der Waals surface area contributed by atoms with Crippen LogP contribution in [0, 0.1) is 16.7 Å². The lowest BCUT2D eigenvalue weighted by Crippen LogP contribution is -2.41. The third-order valence-electron chi connectivity index (χ3n) is 4.66. The summed E-state index contributed by atoms with van der Waals surface area (Å²) in [6.07, 6.45) is 2.42. The number of carbonyl (C=O) groups excluding carboxylic acids is 1. The zero-order valence-electron chi connectivity index (χ0n) is 16.1. The van der Waals surface area contributed by atoms with Crippen molar-refractivity contribution in [2.75, 3.05) is 31.1 Å². The first-order valence-electron chi connectivity index (χ1n) is 9.16. The standard InChI is InChI=1S/C19H29N5O/c1-6-14-15(13-20)17(22-21-16(14)7-2)23-9-8-10-24(12-11-23)18(25)19(3,4)5/h6-12H2,1-5H3. The molecule has 1 aliphatic heterocycles. The van der Waals surface area contributed by atoms with Gasteiger partial charge in [-0.2, -0.15) is 10.4 Å². The molecule has 0 bridgehead atoms. The van der Waals surface area contributed by atoms with Crippen molar-refractivity contribution in [3.63, 3.8) is 0 Å². The van der Waals surface area contributed by atoms with E-state index in [9.17, 15) is 10.1 Å². The number of carbonyl (C=O) groups is 1. The van der Waals surface area contributed by atoms with Crippen molar-refractivity contribution in [1.29, 1.82) is 5.26 Å². The summed E-state index contributed by atoms with van der Waals surface area (Å²) in [5, 5.41) is 18.4. The molecule has 6 nitrogen and oxygen atoms in total. The molecule has 2 rings (SSSR count). The molecule has 0 radical (unpaired) electrons. The van der Waals surface area contributed by atoms with Gasteiger partial charge in [-0.05, 0) is 24.8 Å². The molecule has 136 valence electrons. The second-order valence-electron chi connectivity index (χ2n) is 7.53. The van der Waals surface area contributed by atoms with E-state index in [-0.39, 0.29) is 11.3 Å². The zero-order chi connectivity index (χ0) is 18.6. The second-order valence-corrected chi connectivity index (χ2v) is 7.53. The molecule has 0 unspecified atom stereocenters. The molecule has 0 N–H and O–H groups in total. The van der Waals surface area contributed by atoms with E-state index in [1.54, 1.807) is 0 Å². The highest BCUT2D eigenvalue weighted by molar-refractivity contribution is 5.81. The Hall–Kier alpha value is -2.16. The molecule has 1 aliphatic rings. The monoisotopic (exact) mass is 343 g/mol. The molecule has 0 spiro atoms. The molecule has 0 saturated carbocycles. The molecule has 0 aliphatic carbocycles. The average Bonchev–Trinajstić information content (AvgIpc) is 2.84. The van der Waals surface area contributed by atoms with E-state index in [4.69, 9.17) is 0 Å². The van der Waals surface area contributed by atoms with E-state index in [2.05, 4.69) is 21.2 Å². The molecule has 0 atom stereocenters. The summed E-state index contributed by atoms with van der Waals surface area (Å²) in [4.78, 5) is 16.6. The predicted octanol–water partition coefficient (Wildman–Crippen LogP) is 2.56. The Morgan fingerprint density at radius 3 is 2.40 bits per heavy atom. The van der Waals surface area contributed by atoms with Gasteiger partial charge in [0.1, 0.15) is 11.6 Å². The molecule has 2 heterocycles. The van der Waals surface area contributed by atoms with Crippen LogP contribution in [0.4, 0.5) is 5.82 Å². The average molecular weight is 343 g/mol. The number of anilines is 1. The maximum absolute atomic E-state index is 12.5. The lowest BCUT2D eigenvalue weighted by molar-refractivity contribution is -0.139. The van der Waals surface area contributed by atoms with Crippen LogP contribution in [0.15, 0.2) is 0 Å². The fourth-order valence-electron chi connectivity index (χ4n) is 3.31. The fraction of sp³-hybridized carbons (Fsp3) is 0.684. The summed E-state index contributed by atoms with van der Waals surface area (Å²) in [5.41, 5.74) is 2.18. The Morgan fingerprint density at radius 2 is 1.84 bits per heavy atom. The normalized spacial score (nSPS) is 15.7. The van der Waals surface area contributed by atoms with Crippen molar-refractivity contribution in [3.05, 3.63) is 16.8 Å². The SMILES string of the molecule is CCc1nnc(N2CCCN(C(=O)C(C)(C)C)CC2)c(C#N)c1CC. The van der Waals surface area contributed by atoms with E-state index < -0.39 is 0 Å². The summed E-state index contributed by atoms with van der Waals surface area (Å²) in [6.45, 7) is 12.8. The number of hydrogen-bond acceptors (Lipinski definition) is 5. The van der Waals surface area contributed by atoms with Gasteiger partial charge < -0.3 is 9.80 Å². The van der Waals surface area contributed by atoms with Gasteiger partial charge in [-0.25, -0.2) is 0 Å². The van der Waals surface area contributed by atoms with Crippen LogP contribution in [-0.2, 0) is 17.6 Å². The van der Waals surface area contributed by atoms with Crippen LogP contribution in [0.25, 0.3) is 0 Å². The molecule has 25 heavy (non-hydrogen) atoms. The molecular formula is C19H29N5O. The summed E-state index contributed by atoms with van der Waals surface area (Å²) in [5.74, 6) is 0.845. The van der Waals surface area contributed by atoms with Crippen molar-refractivity contribution in [2.24, 2.45) is 5.41 Å². The Balaban J connectivity index is 2.26. The number of aryl methyl sites for hydroxylation is 1. The van der Waals surface area contributed by atoms with Crippen LogP contribution >= 0.6 is 0 Å². The van der Waals surface area contributed by atoms with Crippen molar-refractivity contribution in [1.82, 2.24) is 15.1 Å². The Kier molecular flexibility index (Phi) is 5.99. The van der Waals surface area contributed by atoms with Gasteiger partial charge in [-0.15, -0.1) is 5.10 Å². The summed E-state index contributed by atoms with van der Waals surface area (Å²) >= 11 is 0. The third kappa shape index (κ3) is 4.09. The number of rotatable bonds is 3. The number of nitriles is 1. The molecular weight excluding hydrogens is 314 g/mol. The predicted molar refractivity (Wildman–Crippen MR) is 98.4 cm³/mol. The highest BCUT2D eigenvalue weighted by atomic mass is 16.2. The minimum absolute atomic E-state index is 0.177. The molecule has 1 fully saturated rings. The van der Waals surface area contributed by atoms with Crippen LogP contribution in [0.3, 0.4) is 0 Å². The van der Waals surface area contributed by atoms with E-state index >= 15 is 0 Å². The van der Waals surface area contributed by atoms with Gasteiger partial charge in [0.2, 0.25) is 5.91 Å². The van der Waals surface area contributed by atoms with Crippen molar-refractivity contribution >= 4 is 11.7 Å². The Bertz CT molecular complexity index is 672. The van der Waals surface area contributed by atoms with E-state index in [0.717, 1.165) is 43.6 Å². The van der Waals surface area contributed by atoms with Crippen LogP contribution in [-0.4, -0.2) is 47.2 Å². The maximum Gasteiger partial charge on any atom is 0.228 e. The summed E-state index contributed by atoms with van der Waals surface area (Å²) < 4.78 is 0. The van der Waals surface area contributed by atoms with Gasteiger partial charge in [0, 0.05) is 31.6 Å². The minimum Gasteiger partial charge on any atom is -0.352 e. The van der Waals surface area contributed by atoms with Gasteiger partial charge in [0.25, 0.3) is 0 Å². The number of nitrogens with zero attached hydrogens (tertiary/aromatic N) is 5. The quantitative estimate of drug-likeness (QED) is 0.843. The summed E-state index contributed by atoms with van der Waals surface area (Å²) in [6, 6.07) is 2.34. The highest BCUT2D eigenvalue weighted by Gasteiger charge is 2.29. The van der Waals surface area contributed by atoms with E-state index in [1.165, 1.54) is 0 Å². The Morgan fingerprint density at radius 1 is 1.12 bits per heavy atom. The topological polar surface area (TPSA) is 73.1 Å². The van der Waals surface area contributed by atoms with Crippen LogP contribution in [0.5, 0.6) is 0 Å². The third-order valence-corrected chi connectivity index (χ3v) is 4.66. The lowest BCUT2D eigenvalue weighted by Gasteiger charge is -2.28. The van der Waals surface area contributed by atoms with Gasteiger partial charge in [-0.3, -0.25) is 4.79 Å². The molecule has 6 heteroatoms. The van der Waals surface area contributed by atoms with Gasteiger partial charge in [0.05, 0.1) is 5.69 Å². The van der Waals surface area contributed by atoms with Crippen LogP contribution in [0.1, 0.15) is 57.9 Å². The number of aromatic nitrogens is 2. The number of amides is 1. The van der Waals surface area contributed by atoms with Gasteiger partial charge in [-0.1, -0.05) is 34.6 Å². The van der Waals surface area contributed by atoms with Gasteiger partial charge in [0.15, 0.2) is 5.82 Å². The highest BCUT2D eigenvalue weighted by Crippen LogP contribution is 2.25. The van der Waals surface area contributed by atoms with Crippen LogP contribution < -0.4 is 4.90 Å². The molecule has 1 saturated heterocycles. The van der Waals surface area contributed by atoms with Gasteiger partial charge >= 0.3 is 0 Å². The molecule has 1 amide bonds. The summed E-state index contributed by atoms with van der Waals surface area (Å²) in [7, 11) is 0.